The first-order valence-corrected chi connectivity index (χ1v) is 12.6. The van der Waals surface area contributed by atoms with Gasteiger partial charge in [0, 0.05) is 5.52 Å². The van der Waals surface area contributed by atoms with E-state index in [0.29, 0.717) is 19.1 Å². The third-order valence-electron chi connectivity index (χ3n) is 5.23. The van der Waals surface area contributed by atoms with Crippen LogP contribution >= 0.6 is 8.58 Å². The van der Waals surface area contributed by atoms with E-state index in [0.717, 1.165) is 49.4 Å². The molecule has 0 aromatic heterocycles. The predicted molar refractivity (Wildman–Crippen MR) is 137 cm³/mol. The number of carbonyl (C=O) groups excluding carboxylic acids is 1. The van der Waals surface area contributed by atoms with Crippen molar-refractivity contribution in [3.8, 4) is 11.5 Å². The van der Waals surface area contributed by atoms with Crippen molar-refractivity contribution in [2.24, 2.45) is 11.3 Å². The van der Waals surface area contributed by atoms with Crippen LogP contribution in [0.2, 0.25) is 0 Å². The molecule has 0 fully saturated rings. The number of benzene rings is 3. The van der Waals surface area contributed by atoms with E-state index >= 15 is 0 Å². The van der Waals surface area contributed by atoms with Gasteiger partial charge in [-0.25, -0.2) is 0 Å². The van der Waals surface area contributed by atoms with Gasteiger partial charge < -0.3 is 22.8 Å². The molecule has 3 nitrogen and oxygen atoms in total. The van der Waals surface area contributed by atoms with Crippen molar-refractivity contribution in [1.82, 2.24) is 0 Å². The molecule has 174 valence electrons. The second-order valence-corrected chi connectivity index (χ2v) is 10.8. The molecular weight excluding hydrogens is 434 g/mol. The first-order valence-electron chi connectivity index (χ1n) is 11.5. The fourth-order valence-electron chi connectivity index (χ4n) is 3.95. The maximum Gasteiger partial charge on any atom is 1.00 e. The summed E-state index contributed by atoms with van der Waals surface area (Å²) in [5.74, 6) is 2.06. The van der Waals surface area contributed by atoms with Crippen LogP contribution in [0.15, 0.2) is 78.9 Å². The molecule has 3 rings (SSSR count). The minimum absolute atomic E-state index is 0. The smallest absolute Gasteiger partial charge is 0.489 e. The van der Waals surface area contributed by atoms with Crippen LogP contribution in [-0.2, 0) is 13.2 Å². The minimum Gasteiger partial charge on any atom is -0.489 e. The summed E-state index contributed by atoms with van der Waals surface area (Å²) in [6, 6.07) is 25.3. The summed E-state index contributed by atoms with van der Waals surface area (Å²) in [5, 5.41) is 0. The van der Waals surface area contributed by atoms with E-state index in [1.54, 1.807) is 0 Å². The molecule has 5 heteroatoms. The number of para-hydroxylation sites is 2. The molecular formula is C29H34LiO3P. The van der Waals surface area contributed by atoms with Crippen molar-refractivity contribution in [1.29, 1.82) is 0 Å². The topological polar surface area (TPSA) is 35.5 Å². The second-order valence-electron chi connectivity index (χ2n) is 9.67. The Hall–Kier alpha value is -2.04. The zero-order valence-corrected chi connectivity index (χ0v) is 22.0. The third-order valence-corrected chi connectivity index (χ3v) is 6.55. The molecule has 0 bridgehead atoms. The third kappa shape index (κ3) is 9.31. The predicted octanol–water partition coefficient (Wildman–Crippen LogP) is 5.01. The van der Waals surface area contributed by atoms with E-state index in [2.05, 4.69) is 27.7 Å². The first kappa shape index (κ1) is 28.2. The van der Waals surface area contributed by atoms with Gasteiger partial charge in [-0.05, 0) is 52.8 Å². The molecule has 34 heavy (non-hydrogen) atoms. The summed E-state index contributed by atoms with van der Waals surface area (Å²) in [6.07, 6.45) is 1.94. The van der Waals surface area contributed by atoms with Gasteiger partial charge in [0.05, 0.1) is 0 Å². The normalized spacial score (nSPS) is 12.2. The summed E-state index contributed by atoms with van der Waals surface area (Å²) in [4.78, 5) is 13.5. The Labute approximate surface area is 218 Å². The zero-order valence-electron chi connectivity index (χ0n) is 21.1. The van der Waals surface area contributed by atoms with E-state index < -0.39 is 0 Å². The molecule has 3 aromatic carbocycles. The van der Waals surface area contributed by atoms with Crippen molar-refractivity contribution in [3.63, 3.8) is 0 Å². The molecule has 0 spiro atoms. The van der Waals surface area contributed by atoms with Crippen LogP contribution < -0.4 is 28.3 Å². The molecule has 0 saturated carbocycles. The number of hydrogen-bond acceptors (Lipinski definition) is 3. The Morgan fingerprint density at radius 1 is 0.794 bits per heavy atom. The van der Waals surface area contributed by atoms with Crippen molar-refractivity contribution in [2.75, 3.05) is 6.16 Å². The van der Waals surface area contributed by atoms with E-state index in [-0.39, 0.29) is 29.8 Å². The fraction of sp³-hybridized carbons (Fsp3) is 0.345. The SMILES string of the molecule is CC(C[P-]C(=O)c1c(COc2ccccc2)cccc1COc1ccccc1)CC(C)(C)C.[Li+]. The van der Waals surface area contributed by atoms with Crippen LogP contribution in [0, 0.1) is 11.3 Å². The van der Waals surface area contributed by atoms with Gasteiger partial charge in [0.15, 0.2) is 0 Å². The monoisotopic (exact) mass is 468 g/mol. The summed E-state index contributed by atoms with van der Waals surface area (Å²) in [5.41, 5.74) is 2.92. The number of ether oxygens (including phenoxy) is 2. The van der Waals surface area contributed by atoms with Gasteiger partial charge in [-0.15, -0.1) is 0 Å². The first-order chi connectivity index (χ1) is 15.8. The molecule has 0 heterocycles. The summed E-state index contributed by atoms with van der Waals surface area (Å²) in [7, 11) is 0.817. The van der Waals surface area contributed by atoms with E-state index in [4.69, 9.17) is 9.47 Å². The molecule has 1 unspecified atom stereocenters. The van der Waals surface area contributed by atoms with E-state index in [9.17, 15) is 4.79 Å². The van der Waals surface area contributed by atoms with Gasteiger partial charge in [-0.1, -0.05) is 88.2 Å². The summed E-state index contributed by atoms with van der Waals surface area (Å²) >= 11 is 0. The van der Waals surface area contributed by atoms with Crippen LogP contribution in [-0.4, -0.2) is 11.7 Å². The standard InChI is InChI=1S/C29H34O3P.Li/c1-22(18-29(2,3)4)21-33-28(30)27-23(19-31-25-14-7-5-8-15-25)12-11-13-24(27)20-32-26-16-9-6-10-17-26;/h5-17,22H,18-21H2,1-4H3;/q-1;+1. The number of carbonyl (C=O) groups is 1. The number of hydrogen-bond donors (Lipinski definition) is 0. The van der Waals surface area contributed by atoms with Gasteiger partial charge in [0.1, 0.15) is 24.7 Å². The minimum atomic E-state index is 0. The van der Waals surface area contributed by atoms with Gasteiger partial charge in [-0.2, -0.15) is 6.16 Å². The maximum absolute atomic E-state index is 13.5. The Balaban J connectivity index is 0.00000408. The fourth-order valence-corrected chi connectivity index (χ4v) is 5.00. The van der Waals surface area contributed by atoms with Crippen molar-refractivity contribution < 1.29 is 33.1 Å². The molecule has 3 aromatic rings. The van der Waals surface area contributed by atoms with Crippen LogP contribution in [0.1, 0.15) is 55.6 Å². The van der Waals surface area contributed by atoms with Crippen molar-refractivity contribution >= 4 is 14.1 Å². The molecule has 0 aliphatic rings. The average molecular weight is 469 g/mol. The quantitative estimate of drug-likeness (QED) is 0.293. The molecule has 0 aliphatic carbocycles. The van der Waals surface area contributed by atoms with Gasteiger partial charge >= 0.3 is 18.9 Å². The van der Waals surface area contributed by atoms with Crippen LogP contribution in [0.5, 0.6) is 11.5 Å². The van der Waals surface area contributed by atoms with Gasteiger partial charge in [-0.3, -0.25) is 0 Å². The molecule has 0 amide bonds. The average Bonchev–Trinajstić information content (AvgIpc) is 2.80. The largest absolute Gasteiger partial charge is 1.00 e. The second kappa shape index (κ2) is 13.7. The Kier molecular flexibility index (Phi) is 11.4. The van der Waals surface area contributed by atoms with E-state index in [1.807, 2.05) is 78.9 Å². The van der Waals surface area contributed by atoms with Gasteiger partial charge in [0.2, 0.25) is 0 Å². The van der Waals surface area contributed by atoms with Crippen LogP contribution in [0.3, 0.4) is 0 Å². The van der Waals surface area contributed by atoms with Crippen molar-refractivity contribution in [3.05, 3.63) is 95.6 Å². The van der Waals surface area contributed by atoms with Crippen molar-refractivity contribution in [2.45, 2.75) is 47.3 Å². The van der Waals surface area contributed by atoms with E-state index in [1.165, 1.54) is 0 Å². The molecule has 0 N–H and O–H groups in total. The summed E-state index contributed by atoms with van der Waals surface area (Å²) < 4.78 is 12.0. The van der Waals surface area contributed by atoms with Crippen LogP contribution in [0.4, 0.5) is 0 Å². The Bertz CT molecular complexity index is 955. The zero-order chi connectivity index (χ0) is 23.7. The maximum atomic E-state index is 13.5. The van der Waals surface area contributed by atoms with Crippen LogP contribution in [0.25, 0.3) is 0 Å². The van der Waals surface area contributed by atoms with Gasteiger partial charge in [0.25, 0.3) is 0 Å². The molecule has 0 aliphatic heterocycles. The molecule has 0 radical (unpaired) electrons. The summed E-state index contributed by atoms with van der Waals surface area (Å²) in [6.45, 7) is 9.66. The Morgan fingerprint density at radius 2 is 1.26 bits per heavy atom. The molecule has 0 saturated heterocycles. The molecule has 1 atom stereocenters. The Morgan fingerprint density at radius 3 is 1.71 bits per heavy atom. The number of rotatable bonds is 11.